The zero-order valence-corrected chi connectivity index (χ0v) is 9.99. The summed E-state index contributed by atoms with van der Waals surface area (Å²) < 4.78 is 2.20. The molecular weight excluding hydrogens is 196 g/mol. The number of hydrogen-bond donors (Lipinski definition) is 0. The van der Waals surface area contributed by atoms with Gasteiger partial charge in [-0.15, -0.1) is 0 Å². The summed E-state index contributed by atoms with van der Waals surface area (Å²) in [6.07, 6.45) is 2.11. The van der Waals surface area contributed by atoms with Crippen LogP contribution in [0.25, 0.3) is 10.9 Å². The Balaban J connectivity index is 2.77. The van der Waals surface area contributed by atoms with Crippen LogP contribution in [0.5, 0.6) is 0 Å². The predicted octanol–water partition coefficient (Wildman–Crippen LogP) is 3.46. The fourth-order valence-corrected chi connectivity index (χ4v) is 2.07. The molecule has 0 aliphatic rings. The first-order chi connectivity index (χ1) is 7.60. The van der Waals surface area contributed by atoms with Crippen LogP contribution in [0.4, 0.5) is 0 Å². The normalized spacial score (nSPS) is 11.6. The first-order valence-electron chi connectivity index (χ1n) is 5.59. The van der Waals surface area contributed by atoms with Gasteiger partial charge >= 0.3 is 0 Å². The molecule has 0 aliphatic carbocycles. The summed E-state index contributed by atoms with van der Waals surface area (Å²) in [5, 5.41) is 10.4. The molecule has 2 heteroatoms. The molecule has 2 nitrogen and oxygen atoms in total. The lowest BCUT2D eigenvalue weighted by molar-refractivity contribution is 0.683. The molecule has 82 valence electrons. The minimum atomic E-state index is -0.431. The molecule has 0 aliphatic heterocycles. The Morgan fingerprint density at radius 1 is 1.31 bits per heavy atom. The highest BCUT2D eigenvalue weighted by molar-refractivity contribution is 5.85. The van der Waals surface area contributed by atoms with Crippen LogP contribution in [0.15, 0.2) is 30.5 Å². The highest BCUT2D eigenvalue weighted by Gasteiger charge is 2.24. The van der Waals surface area contributed by atoms with Crippen LogP contribution in [0.2, 0.25) is 0 Å². The molecule has 0 saturated carbocycles. The number of aryl methyl sites for hydroxylation is 1. The van der Waals surface area contributed by atoms with Gasteiger partial charge in [-0.3, -0.25) is 0 Å². The second-order valence-corrected chi connectivity index (χ2v) is 4.58. The SMILES string of the molecule is CCn1cc(C(C)(C)C#N)c2ccccc21. The Kier molecular flexibility index (Phi) is 2.47. The van der Waals surface area contributed by atoms with E-state index >= 15 is 0 Å². The summed E-state index contributed by atoms with van der Waals surface area (Å²) in [6, 6.07) is 10.6. The van der Waals surface area contributed by atoms with Gasteiger partial charge in [0.2, 0.25) is 0 Å². The van der Waals surface area contributed by atoms with Crippen LogP contribution in [-0.4, -0.2) is 4.57 Å². The Bertz CT molecular complexity index is 556. The minimum Gasteiger partial charge on any atom is -0.347 e. The van der Waals surface area contributed by atoms with Crippen LogP contribution in [0.1, 0.15) is 26.3 Å². The van der Waals surface area contributed by atoms with E-state index in [9.17, 15) is 5.26 Å². The van der Waals surface area contributed by atoms with E-state index < -0.39 is 5.41 Å². The van der Waals surface area contributed by atoms with Gasteiger partial charge in [0.05, 0.1) is 11.5 Å². The maximum atomic E-state index is 9.23. The van der Waals surface area contributed by atoms with E-state index in [-0.39, 0.29) is 0 Å². The number of nitrogens with zero attached hydrogens (tertiary/aromatic N) is 2. The van der Waals surface area contributed by atoms with Crippen molar-refractivity contribution in [3.05, 3.63) is 36.0 Å². The van der Waals surface area contributed by atoms with Crippen molar-refractivity contribution >= 4 is 10.9 Å². The Morgan fingerprint density at radius 2 is 2.00 bits per heavy atom. The molecule has 0 N–H and O–H groups in total. The largest absolute Gasteiger partial charge is 0.347 e. The molecule has 0 bridgehead atoms. The molecule has 16 heavy (non-hydrogen) atoms. The van der Waals surface area contributed by atoms with E-state index in [1.807, 2.05) is 26.0 Å². The standard InChI is InChI=1S/C14H16N2/c1-4-16-9-12(14(2,3)10-15)11-7-5-6-8-13(11)16/h5-9H,4H2,1-3H3. The smallest absolute Gasteiger partial charge is 0.0787 e. The van der Waals surface area contributed by atoms with Crippen molar-refractivity contribution in [2.75, 3.05) is 0 Å². The van der Waals surface area contributed by atoms with E-state index in [1.54, 1.807) is 0 Å². The summed E-state index contributed by atoms with van der Waals surface area (Å²) in [4.78, 5) is 0. The third kappa shape index (κ3) is 1.49. The maximum absolute atomic E-state index is 9.23. The lowest BCUT2D eigenvalue weighted by Gasteiger charge is -2.13. The third-order valence-electron chi connectivity index (χ3n) is 3.08. The summed E-state index contributed by atoms with van der Waals surface area (Å²) in [7, 11) is 0. The van der Waals surface area contributed by atoms with Crippen LogP contribution in [0, 0.1) is 11.3 Å². The van der Waals surface area contributed by atoms with Crippen LogP contribution < -0.4 is 0 Å². The number of fused-ring (bicyclic) bond motifs is 1. The average molecular weight is 212 g/mol. The molecule has 0 spiro atoms. The molecule has 0 unspecified atom stereocenters. The maximum Gasteiger partial charge on any atom is 0.0787 e. The van der Waals surface area contributed by atoms with E-state index in [2.05, 4.69) is 35.9 Å². The van der Waals surface area contributed by atoms with Crippen LogP contribution >= 0.6 is 0 Å². The highest BCUT2D eigenvalue weighted by Crippen LogP contribution is 2.31. The van der Waals surface area contributed by atoms with Crippen molar-refractivity contribution in [1.29, 1.82) is 5.26 Å². The van der Waals surface area contributed by atoms with Gasteiger partial charge in [0.25, 0.3) is 0 Å². The molecular formula is C14H16N2. The van der Waals surface area contributed by atoms with E-state index in [4.69, 9.17) is 0 Å². The van der Waals surface area contributed by atoms with E-state index in [1.165, 1.54) is 10.9 Å². The molecule has 0 radical (unpaired) electrons. The monoisotopic (exact) mass is 212 g/mol. The Hall–Kier alpha value is -1.75. The number of rotatable bonds is 2. The van der Waals surface area contributed by atoms with Crippen LogP contribution in [0.3, 0.4) is 0 Å². The summed E-state index contributed by atoms with van der Waals surface area (Å²) >= 11 is 0. The number of nitriles is 1. The first-order valence-corrected chi connectivity index (χ1v) is 5.59. The van der Waals surface area contributed by atoms with E-state index in [0.717, 1.165) is 12.1 Å². The topological polar surface area (TPSA) is 28.7 Å². The summed E-state index contributed by atoms with van der Waals surface area (Å²) in [5.74, 6) is 0. The molecule has 0 atom stereocenters. The van der Waals surface area contributed by atoms with Gasteiger partial charge in [-0.2, -0.15) is 5.26 Å². The lowest BCUT2D eigenvalue weighted by Crippen LogP contribution is -2.13. The van der Waals surface area contributed by atoms with Gasteiger partial charge in [-0.25, -0.2) is 0 Å². The molecule has 0 saturated heterocycles. The van der Waals surface area contributed by atoms with Crippen LogP contribution in [-0.2, 0) is 12.0 Å². The number of para-hydroxylation sites is 1. The van der Waals surface area contributed by atoms with Crippen molar-refractivity contribution < 1.29 is 0 Å². The van der Waals surface area contributed by atoms with Gasteiger partial charge in [0.15, 0.2) is 0 Å². The zero-order valence-electron chi connectivity index (χ0n) is 9.99. The quantitative estimate of drug-likeness (QED) is 0.749. The Labute approximate surface area is 96.1 Å². The lowest BCUT2D eigenvalue weighted by atomic mass is 9.86. The molecule has 1 aromatic heterocycles. The van der Waals surface area contributed by atoms with Gasteiger partial charge in [-0.1, -0.05) is 18.2 Å². The van der Waals surface area contributed by atoms with Crippen molar-refractivity contribution in [2.24, 2.45) is 0 Å². The fourth-order valence-electron chi connectivity index (χ4n) is 2.07. The van der Waals surface area contributed by atoms with Gasteiger partial charge in [0, 0.05) is 23.6 Å². The van der Waals surface area contributed by atoms with Crippen molar-refractivity contribution in [2.45, 2.75) is 32.7 Å². The Morgan fingerprint density at radius 3 is 2.62 bits per heavy atom. The van der Waals surface area contributed by atoms with Crippen molar-refractivity contribution in [3.8, 4) is 6.07 Å². The minimum absolute atomic E-state index is 0.431. The van der Waals surface area contributed by atoms with E-state index in [0.29, 0.717) is 0 Å². The van der Waals surface area contributed by atoms with Crippen molar-refractivity contribution in [1.82, 2.24) is 4.57 Å². The second kappa shape index (κ2) is 3.68. The average Bonchev–Trinajstić information content (AvgIpc) is 2.68. The summed E-state index contributed by atoms with van der Waals surface area (Å²) in [5.41, 5.74) is 1.90. The zero-order chi connectivity index (χ0) is 11.8. The number of aromatic nitrogens is 1. The molecule has 1 heterocycles. The van der Waals surface area contributed by atoms with Gasteiger partial charge in [0.1, 0.15) is 0 Å². The van der Waals surface area contributed by atoms with Crippen molar-refractivity contribution in [3.63, 3.8) is 0 Å². The second-order valence-electron chi connectivity index (χ2n) is 4.58. The highest BCUT2D eigenvalue weighted by atomic mass is 14.9. The number of benzene rings is 1. The predicted molar refractivity (Wildman–Crippen MR) is 66.3 cm³/mol. The molecule has 0 amide bonds. The molecule has 2 rings (SSSR count). The third-order valence-corrected chi connectivity index (χ3v) is 3.08. The molecule has 0 fully saturated rings. The van der Waals surface area contributed by atoms with Gasteiger partial charge < -0.3 is 4.57 Å². The number of hydrogen-bond acceptors (Lipinski definition) is 1. The fraction of sp³-hybridized carbons (Fsp3) is 0.357. The first kappa shape index (κ1) is 10.8. The molecule has 1 aromatic carbocycles. The summed E-state index contributed by atoms with van der Waals surface area (Å²) in [6.45, 7) is 6.99. The van der Waals surface area contributed by atoms with Gasteiger partial charge in [-0.05, 0) is 32.4 Å². The molecule has 2 aromatic rings.